The second-order valence-electron chi connectivity index (χ2n) is 12.7. The fraction of sp³-hybridized carbons (Fsp3) is 0.333. The lowest BCUT2D eigenvalue weighted by Gasteiger charge is -2.50. The smallest absolute Gasteiger partial charge is 0.254 e. The Balaban J connectivity index is 1.25. The van der Waals surface area contributed by atoms with Crippen molar-refractivity contribution >= 4 is 62.8 Å². The number of halogens is 3. The predicted molar refractivity (Wildman–Crippen MR) is 181 cm³/mol. The van der Waals surface area contributed by atoms with E-state index in [1.807, 2.05) is 36.4 Å². The average molecular weight is 754 g/mol. The van der Waals surface area contributed by atoms with Crippen LogP contribution in [0.15, 0.2) is 84.4 Å². The monoisotopic (exact) mass is 752 g/mol. The minimum atomic E-state index is -2.03. The number of carbonyl (C=O) groups excluding carboxylic acids is 4. The molecule has 4 amide bonds. The summed E-state index contributed by atoms with van der Waals surface area (Å²) in [6.07, 6.45) is 2.31. The van der Waals surface area contributed by atoms with Crippen molar-refractivity contribution in [2.45, 2.75) is 41.5 Å². The highest BCUT2D eigenvalue weighted by Gasteiger charge is 2.76. The van der Waals surface area contributed by atoms with Gasteiger partial charge < -0.3 is 14.9 Å². The van der Waals surface area contributed by atoms with Crippen LogP contribution in [0.2, 0.25) is 0 Å². The summed E-state index contributed by atoms with van der Waals surface area (Å²) in [5, 5.41) is 21.1. The first-order chi connectivity index (χ1) is 23.0. The number of hydrogen-bond donors (Lipinski definition) is 2. The number of benzene rings is 3. The molecule has 0 radical (unpaired) electrons. The van der Waals surface area contributed by atoms with Gasteiger partial charge in [0.05, 0.1) is 17.3 Å². The molecule has 2 aliphatic heterocycles. The number of carbonyl (C=O) groups is 4. The number of phenols is 2. The lowest BCUT2D eigenvalue weighted by atomic mass is 9.56. The topological polar surface area (TPSA) is 124 Å². The summed E-state index contributed by atoms with van der Waals surface area (Å²) in [7, 11) is 0. The van der Waals surface area contributed by atoms with E-state index in [0.29, 0.717) is 17.7 Å². The summed E-state index contributed by atoms with van der Waals surface area (Å²) in [5.41, 5.74) is 2.49. The van der Waals surface area contributed by atoms with Gasteiger partial charge in [0.2, 0.25) is 11.8 Å². The molecule has 9 nitrogen and oxygen atoms in total. The minimum absolute atomic E-state index is 0.118. The number of fused-ring (bicyclic) bond motifs is 4. The Morgan fingerprint density at radius 3 is 2.27 bits per heavy atom. The third-order valence-electron chi connectivity index (χ3n) is 10.2. The summed E-state index contributed by atoms with van der Waals surface area (Å²) < 4.78 is 5.91. The van der Waals surface area contributed by atoms with Crippen LogP contribution in [-0.4, -0.2) is 65.4 Å². The van der Waals surface area contributed by atoms with Crippen LogP contribution < -0.4 is 4.74 Å². The van der Waals surface area contributed by atoms with E-state index < -0.39 is 45.2 Å². The van der Waals surface area contributed by atoms with Crippen LogP contribution in [0.25, 0.3) is 0 Å². The number of allylic oxidation sites excluding steroid dienone is 2. The van der Waals surface area contributed by atoms with Gasteiger partial charge in [-0.2, -0.15) is 0 Å². The molecule has 1 saturated carbocycles. The van der Waals surface area contributed by atoms with Gasteiger partial charge in [0.15, 0.2) is 9.75 Å². The van der Waals surface area contributed by atoms with E-state index in [9.17, 15) is 29.4 Å². The van der Waals surface area contributed by atoms with Crippen LogP contribution in [0.5, 0.6) is 17.2 Å². The molecule has 0 bridgehead atoms. The second-order valence-corrected chi connectivity index (χ2v) is 14.5. The number of amides is 4. The number of nitrogens with zero attached hydrogens (tertiary/aromatic N) is 2. The molecule has 3 fully saturated rings. The molecule has 4 aliphatic rings. The largest absolute Gasteiger partial charge is 0.508 e. The third-order valence-corrected chi connectivity index (χ3v) is 12.1. The van der Waals surface area contributed by atoms with Gasteiger partial charge in [0, 0.05) is 24.1 Å². The van der Waals surface area contributed by atoms with E-state index in [1.54, 1.807) is 36.4 Å². The molecule has 2 N–H and O–H groups in total. The second kappa shape index (κ2) is 12.2. The summed E-state index contributed by atoms with van der Waals surface area (Å²) in [5.74, 6) is -5.08. The van der Waals surface area contributed by atoms with Crippen molar-refractivity contribution < 1.29 is 34.1 Å². The first-order valence-electron chi connectivity index (χ1n) is 15.6. The Bertz CT molecular complexity index is 1850. The van der Waals surface area contributed by atoms with Crippen LogP contribution in [0.3, 0.4) is 0 Å². The average Bonchev–Trinajstić information content (AvgIpc) is 3.41. The first-order valence-corrected chi connectivity index (χ1v) is 17.5. The molecule has 0 unspecified atom stereocenters. The van der Waals surface area contributed by atoms with E-state index in [-0.39, 0.29) is 60.3 Å². The summed E-state index contributed by atoms with van der Waals surface area (Å²) in [6.45, 7) is 0.405. The van der Waals surface area contributed by atoms with E-state index in [2.05, 4.69) is 15.9 Å². The van der Waals surface area contributed by atoms with E-state index in [4.69, 9.17) is 27.9 Å². The molecule has 7 rings (SSSR count). The Hall–Kier alpha value is -3.86. The van der Waals surface area contributed by atoms with E-state index in [0.717, 1.165) is 16.0 Å². The molecule has 2 saturated heterocycles. The Morgan fingerprint density at radius 1 is 0.854 bits per heavy atom. The summed E-state index contributed by atoms with van der Waals surface area (Å²) >= 11 is 17.8. The number of alkyl halides is 3. The molecule has 0 aromatic heterocycles. The van der Waals surface area contributed by atoms with E-state index >= 15 is 0 Å². The Labute approximate surface area is 295 Å². The maximum Gasteiger partial charge on any atom is 0.254 e. The zero-order valence-electron chi connectivity index (χ0n) is 25.5. The number of likely N-dealkylation sites (tertiary alicyclic amines) is 2. The normalized spacial score (nSPS) is 29.4. The molecular formula is C36H31BrCl2N2O7. The molecule has 0 spiro atoms. The molecule has 2 aliphatic carbocycles. The quantitative estimate of drug-likeness (QED) is 0.132. The molecule has 6 atom stereocenters. The third kappa shape index (κ3) is 4.94. The van der Waals surface area contributed by atoms with Gasteiger partial charge in [0.25, 0.3) is 11.8 Å². The van der Waals surface area contributed by atoms with Gasteiger partial charge in [-0.25, -0.2) is 0 Å². The standard InChI is InChI=1S/C36H31BrCl2N2O7/c37-19-41-33(46)35(38)17-27-24(12-13-26-29(27)32(45)40(31(26)44)15-14-20-6-8-22(42)9-7-20)30(36(35,39)34(41)47)25-11-10-23(16-28(25)43)48-18-21-4-2-1-3-5-21/h1-12,16,26-27,29-30,42-43H,13-15,17-19H2/t26-,27+,29-,30+,35+,36-/m0/s1. The zero-order chi connectivity index (χ0) is 34.0. The fourth-order valence-corrected chi connectivity index (χ4v) is 9.30. The maximum absolute atomic E-state index is 14.1. The van der Waals surface area contributed by atoms with Gasteiger partial charge in [-0.15, -0.1) is 23.2 Å². The highest BCUT2D eigenvalue weighted by molar-refractivity contribution is 9.09. The van der Waals surface area contributed by atoms with Gasteiger partial charge in [-0.3, -0.25) is 29.0 Å². The number of rotatable bonds is 8. The van der Waals surface area contributed by atoms with Crippen molar-refractivity contribution in [1.82, 2.24) is 9.80 Å². The van der Waals surface area contributed by atoms with Crippen LogP contribution >= 0.6 is 39.1 Å². The minimum Gasteiger partial charge on any atom is -0.508 e. The number of phenolic OH excluding ortho intramolecular Hbond substituents is 2. The van der Waals surface area contributed by atoms with Crippen LogP contribution in [0.4, 0.5) is 0 Å². The van der Waals surface area contributed by atoms with Crippen LogP contribution in [0, 0.1) is 17.8 Å². The van der Waals surface area contributed by atoms with Gasteiger partial charge in [-0.1, -0.05) is 76.1 Å². The Kier molecular flexibility index (Phi) is 8.33. The van der Waals surface area contributed by atoms with E-state index in [1.165, 1.54) is 11.0 Å². The van der Waals surface area contributed by atoms with Crippen LogP contribution in [0.1, 0.15) is 35.4 Å². The predicted octanol–water partition coefficient (Wildman–Crippen LogP) is 5.63. The molecule has 248 valence electrons. The SMILES string of the molecule is O=C1[C@H]2[C@H](CC=C3[C@H]2C[C@@]2(Cl)C(=O)N(CBr)C(=O)[C@@]2(Cl)[C@H]3c2ccc(OCc3ccccc3)cc2O)C(=O)N1CCc1ccc(O)cc1. The van der Waals surface area contributed by atoms with Crippen LogP contribution in [-0.2, 0) is 32.2 Å². The summed E-state index contributed by atoms with van der Waals surface area (Å²) in [4.78, 5) is 53.9. The van der Waals surface area contributed by atoms with Crippen molar-refractivity contribution in [3.63, 3.8) is 0 Å². The number of hydrogen-bond acceptors (Lipinski definition) is 7. The van der Waals surface area contributed by atoms with Crippen molar-refractivity contribution in [3.8, 4) is 17.2 Å². The summed E-state index contributed by atoms with van der Waals surface area (Å²) in [6, 6.07) is 20.8. The van der Waals surface area contributed by atoms with Crippen molar-refractivity contribution in [2.24, 2.45) is 17.8 Å². The van der Waals surface area contributed by atoms with Gasteiger partial charge >= 0.3 is 0 Å². The van der Waals surface area contributed by atoms with Crippen molar-refractivity contribution in [2.75, 3.05) is 12.0 Å². The molecule has 3 aromatic carbocycles. The first kappa shape index (κ1) is 32.7. The van der Waals surface area contributed by atoms with Gasteiger partial charge in [-0.05, 0) is 54.5 Å². The number of aromatic hydroxyl groups is 2. The highest BCUT2D eigenvalue weighted by atomic mass is 79.9. The maximum atomic E-state index is 14.1. The zero-order valence-corrected chi connectivity index (χ0v) is 28.6. The lowest BCUT2D eigenvalue weighted by molar-refractivity contribution is -0.141. The molecule has 2 heterocycles. The van der Waals surface area contributed by atoms with Crippen molar-refractivity contribution in [3.05, 3.63) is 101 Å². The Morgan fingerprint density at radius 2 is 1.58 bits per heavy atom. The number of imide groups is 2. The molecule has 12 heteroatoms. The number of ether oxygens (including phenoxy) is 1. The highest BCUT2D eigenvalue weighted by Crippen LogP contribution is 2.66. The molecule has 3 aromatic rings. The lowest BCUT2D eigenvalue weighted by Crippen LogP contribution is -2.60. The fourth-order valence-electron chi connectivity index (χ4n) is 7.89. The van der Waals surface area contributed by atoms with Crippen molar-refractivity contribution in [1.29, 1.82) is 0 Å². The molecular weight excluding hydrogens is 723 g/mol. The molecule has 48 heavy (non-hydrogen) atoms. The van der Waals surface area contributed by atoms with Gasteiger partial charge in [0.1, 0.15) is 23.9 Å².